The van der Waals surface area contributed by atoms with Gasteiger partial charge >= 0.3 is 0 Å². The summed E-state index contributed by atoms with van der Waals surface area (Å²) in [7, 11) is 0. The average molecular weight is 313 g/mol. The molecule has 0 atom stereocenters. The Morgan fingerprint density at radius 3 is 2.45 bits per heavy atom. The number of carbonyl (C=O) groups is 2. The number of H-pyrrole nitrogens is 1. The lowest BCUT2D eigenvalue weighted by molar-refractivity contribution is -0.112. The van der Waals surface area contributed by atoms with E-state index in [-0.39, 0.29) is 0 Å². The standard InChI is InChI=1S/C17H13ClN2O2/c1-10-15(13-4-2-3-5-14(13)19-10)16(21)17(22)20-12-8-6-11(18)7-9-12/h2-9,19H,1H3,(H,20,22). The van der Waals surface area contributed by atoms with E-state index in [2.05, 4.69) is 10.3 Å². The molecule has 0 radical (unpaired) electrons. The molecule has 1 aromatic heterocycles. The van der Waals surface area contributed by atoms with Gasteiger partial charge < -0.3 is 10.3 Å². The second kappa shape index (κ2) is 5.66. The summed E-state index contributed by atoms with van der Waals surface area (Å²) < 4.78 is 0. The summed E-state index contributed by atoms with van der Waals surface area (Å²) in [4.78, 5) is 27.8. The van der Waals surface area contributed by atoms with Crippen LogP contribution in [0, 0.1) is 6.92 Å². The molecule has 5 heteroatoms. The number of aromatic nitrogens is 1. The third kappa shape index (κ3) is 2.61. The summed E-state index contributed by atoms with van der Waals surface area (Å²) in [5, 5.41) is 3.90. The summed E-state index contributed by atoms with van der Waals surface area (Å²) >= 11 is 5.79. The van der Waals surface area contributed by atoms with E-state index in [1.165, 1.54) is 0 Å². The highest BCUT2D eigenvalue weighted by molar-refractivity contribution is 6.48. The molecule has 0 aliphatic carbocycles. The molecule has 0 saturated heterocycles. The number of Topliss-reactive ketones (excluding diaryl/α,β-unsaturated/α-hetero) is 1. The van der Waals surface area contributed by atoms with Gasteiger partial charge in [0.2, 0.25) is 0 Å². The van der Waals surface area contributed by atoms with Gasteiger partial charge in [-0.25, -0.2) is 0 Å². The van der Waals surface area contributed by atoms with Crippen LogP contribution in [0.3, 0.4) is 0 Å². The number of fused-ring (bicyclic) bond motifs is 1. The van der Waals surface area contributed by atoms with Crippen LogP contribution in [0.15, 0.2) is 48.5 Å². The SMILES string of the molecule is Cc1[nH]c2ccccc2c1C(=O)C(=O)Nc1ccc(Cl)cc1. The van der Waals surface area contributed by atoms with Crippen molar-refractivity contribution in [3.8, 4) is 0 Å². The molecule has 0 aliphatic rings. The lowest BCUT2D eigenvalue weighted by atomic mass is 10.1. The number of halogens is 1. The molecule has 0 aliphatic heterocycles. The number of anilines is 1. The molecule has 0 saturated carbocycles. The lowest BCUT2D eigenvalue weighted by Crippen LogP contribution is -2.23. The van der Waals surface area contributed by atoms with E-state index < -0.39 is 11.7 Å². The molecule has 1 amide bonds. The Kier molecular flexibility index (Phi) is 3.69. The Morgan fingerprint density at radius 1 is 1.05 bits per heavy atom. The van der Waals surface area contributed by atoms with Gasteiger partial charge in [0.25, 0.3) is 11.7 Å². The van der Waals surface area contributed by atoms with Crippen molar-refractivity contribution in [3.05, 3.63) is 64.8 Å². The van der Waals surface area contributed by atoms with Crippen molar-refractivity contribution in [1.29, 1.82) is 0 Å². The van der Waals surface area contributed by atoms with Crippen LogP contribution in [0.25, 0.3) is 10.9 Å². The van der Waals surface area contributed by atoms with E-state index in [0.717, 1.165) is 10.9 Å². The Balaban J connectivity index is 1.90. The van der Waals surface area contributed by atoms with Crippen LogP contribution in [0.5, 0.6) is 0 Å². The van der Waals surface area contributed by atoms with Crippen LogP contribution in [0.4, 0.5) is 5.69 Å². The van der Waals surface area contributed by atoms with Crippen molar-refractivity contribution < 1.29 is 9.59 Å². The van der Waals surface area contributed by atoms with Crippen LogP contribution in [-0.2, 0) is 4.79 Å². The Morgan fingerprint density at radius 2 is 1.73 bits per heavy atom. The number of carbonyl (C=O) groups excluding carboxylic acids is 2. The van der Waals surface area contributed by atoms with E-state index >= 15 is 0 Å². The van der Waals surface area contributed by atoms with Gasteiger partial charge in [0.1, 0.15) is 0 Å². The van der Waals surface area contributed by atoms with Crippen molar-refractivity contribution in [2.45, 2.75) is 6.92 Å². The molecule has 2 N–H and O–H groups in total. The van der Waals surface area contributed by atoms with Crippen LogP contribution in [0.1, 0.15) is 16.1 Å². The third-order valence-electron chi connectivity index (χ3n) is 3.43. The first kappa shape index (κ1) is 14.4. The predicted octanol–water partition coefficient (Wildman–Crippen LogP) is 3.95. The maximum absolute atomic E-state index is 12.5. The summed E-state index contributed by atoms with van der Waals surface area (Å²) in [5.41, 5.74) is 2.45. The second-order valence-corrected chi connectivity index (χ2v) is 5.40. The maximum atomic E-state index is 12.5. The van der Waals surface area contributed by atoms with Crippen LogP contribution in [0.2, 0.25) is 5.02 Å². The average Bonchev–Trinajstić information content (AvgIpc) is 2.84. The minimum absolute atomic E-state index is 0.405. The number of hydrogen-bond donors (Lipinski definition) is 2. The number of rotatable bonds is 3. The number of hydrogen-bond acceptors (Lipinski definition) is 2. The van der Waals surface area contributed by atoms with Crippen LogP contribution >= 0.6 is 11.6 Å². The minimum atomic E-state index is -0.671. The predicted molar refractivity (Wildman–Crippen MR) is 87.4 cm³/mol. The van der Waals surface area contributed by atoms with E-state index in [4.69, 9.17) is 11.6 Å². The zero-order valence-electron chi connectivity index (χ0n) is 11.8. The maximum Gasteiger partial charge on any atom is 0.296 e. The topological polar surface area (TPSA) is 62.0 Å². The fraction of sp³-hybridized carbons (Fsp3) is 0.0588. The Bertz CT molecular complexity index is 866. The number of aryl methyl sites for hydroxylation is 1. The van der Waals surface area contributed by atoms with Gasteiger partial charge in [-0.2, -0.15) is 0 Å². The molecule has 0 fully saturated rings. The zero-order valence-corrected chi connectivity index (χ0v) is 12.6. The van der Waals surface area contributed by atoms with E-state index in [0.29, 0.717) is 22.0 Å². The third-order valence-corrected chi connectivity index (χ3v) is 3.68. The Labute approximate surface area is 132 Å². The summed E-state index contributed by atoms with van der Waals surface area (Å²) in [6.45, 7) is 1.78. The quantitative estimate of drug-likeness (QED) is 0.568. The molecular weight excluding hydrogens is 300 g/mol. The van der Waals surface area contributed by atoms with Crippen molar-refractivity contribution in [3.63, 3.8) is 0 Å². The smallest absolute Gasteiger partial charge is 0.296 e. The summed E-state index contributed by atoms with van der Waals surface area (Å²) in [6.07, 6.45) is 0. The summed E-state index contributed by atoms with van der Waals surface area (Å²) in [6, 6.07) is 14.0. The molecule has 1 heterocycles. The van der Waals surface area contributed by atoms with Crippen molar-refractivity contribution in [2.75, 3.05) is 5.32 Å². The monoisotopic (exact) mass is 312 g/mol. The molecular formula is C17H13ClN2O2. The number of ketones is 1. The van der Waals surface area contributed by atoms with Gasteiger partial charge in [-0.1, -0.05) is 29.8 Å². The number of para-hydroxylation sites is 1. The highest BCUT2D eigenvalue weighted by Crippen LogP contribution is 2.23. The van der Waals surface area contributed by atoms with Gasteiger partial charge in [0.05, 0.1) is 5.56 Å². The van der Waals surface area contributed by atoms with Crippen molar-refractivity contribution >= 4 is 39.9 Å². The van der Waals surface area contributed by atoms with Gasteiger partial charge in [0, 0.05) is 27.3 Å². The number of benzene rings is 2. The van der Waals surface area contributed by atoms with Gasteiger partial charge in [-0.15, -0.1) is 0 Å². The fourth-order valence-electron chi connectivity index (χ4n) is 2.40. The van der Waals surface area contributed by atoms with Crippen molar-refractivity contribution in [1.82, 2.24) is 4.98 Å². The van der Waals surface area contributed by atoms with E-state index in [1.54, 1.807) is 31.2 Å². The molecule has 2 aromatic carbocycles. The van der Waals surface area contributed by atoms with E-state index in [9.17, 15) is 9.59 Å². The Hall–Kier alpha value is -2.59. The first-order valence-corrected chi connectivity index (χ1v) is 7.12. The van der Waals surface area contributed by atoms with Gasteiger partial charge in [-0.3, -0.25) is 9.59 Å². The molecule has 3 aromatic rings. The number of nitrogens with one attached hydrogen (secondary N) is 2. The van der Waals surface area contributed by atoms with E-state index in [1.807, 2.05) is 24.3 Å². The lowest BCUT2D eigenvalue weighted by Gasteiger charge is -2.05. The van der Waals surface area contributed by atoms with Crippen LogP contribution in [-0.4, -0.2) is 16.7 Å². The van der Waals surface area contributed by atoms with Gasteiger partial charge in [0.15, 0.2) is 0 Å². The summed E-state index contributed by atoms with van der Waals surface area (Å²) in [5.74, 6) is -1.24. The molecule has 22 heavy (non-hydrogen) atoms. The molecule has 4 nitrogen and oxygen atoms in total. The molecule has 0 spiro atoms. The molecule has 3 rings (SSSR count). The van der Waals surface area contributed by atoms with Crippen LogP contribution < -0.4 is 5.32 Å². The number of amides is 1. The first-order chi connectivity index (χ1) is 10.6. The van der Waals surface area contributed by atoms with Gasteiger partial charge in [-0.05, 0) is 37.3 Å². The molecule has 0 unspecified atom stereocenters. The second-order valence-electron chi connectivity index (χ2n) is 4.96. The number of aromatic amines is 1. The highest BCUT2D eigenvalue weighted by atomic mass is 35.5. The highest BCUT2D eigenvalue weighted by Gasteiger charge is 2.22. The largest absolute Gasteiger partial charge is 0.358 e. The normalized spacial score (nSPS) is 10.6. The zero-order chi connectivity index (χ0) is 15.7. The minimum Gasteiger partial charge on any atom is -0.358 e. The first-order valence-electron chi connectivity index (χ1n) is 6.75. The molecule has 0 bridgehead atoms. The fourth-order valence-corrected chi connectivity index (χ4v) is 2.53. The van der Waals surface area contributed by atoms with Crippen molar-refractivity contribution in [2.24, 2.45) is 0 Å². The molecule has 110 valence electrons.